The Balaban J connectivity index is 1.37. The fourth-order valence-electron chi connectivity index (χ4n) is 4.77. The van der Waals surface area contributed by atoms with Gasteiger partial charge in [-0.25, -0.2) is 8.78 Å². The fraction of sp³-hybridized carbons (Fsp3) is 0.258. The second kappa shape index (κ2) is 9.85. The predicted molar refractivity (Wildman–Crippen MR) is 142 cm³/mol. The zero-order valence-corrected chi connectivity index (χ0v) is 21.2. The highest BCUT2D eigenvalue weighted by atomic mass is 19.3. The first-order valence-electron chi connectivity index (χ1n) is 12.5. The normalized spacial score (nSPS) is 13.4. The van der Waals surface area contributed by atoms with Crippen molar-refractivity contribution in [1.29, 1.82) is 0 Å². The molecule has 0 atom stereocenters. The van der Waals surface area contributed by atoms with Gasteiger partial charge in [-0.3, -0.25) is 4.79 Å². The lowest BCUT2D eigenvalue weighted by atomic mass is 10.0. The van der Waals surface area contributed by atoms with Crippen LogP contribution in [0, 0.1) is 26.7 Å². The van der Waals surface area contributed by atoms with Crippen molar-refractivity contribution in [2.24, 2.45) is 5.92 Å². The van der Waals surface area contributed by atoms with E-state index in [1.54, 1.807) is 47.9 Å². The number of aromatic nitrogens is 1. The molecule has 37 heavy (non-hydrogen) atoms. The van der Waals surface area contributed by atoms with Gasteiger partial charge in [0.25, 0.3) is 11.8 Å². The van der Waals surface area contributed by atoms with Gasteiger partial charge in [0.05, 0.1) is 11.3 Å². The SMILES string of the molecule is Cc1ccccc1COc1cccc(NC(=O)c2cc(C)n(-c3ccccc3C(F)(F)C3CC3)c2C)c1. The van der Waals surface area contributed by atoms with Crippen molar-refractivity contribution in [2.75, 3.05) is 5.32 Å². The van der Waals surface area contributed by atoms with Crippen LogP contribution in [-0.2, 0) is 12.5 Å². The standard InChI is InChI=1S/C31H30F2N2O2/c1-20-9-4-5-10-23(20)19-37-26-12-8-11-25(18-26)34-30(36)27-17-21(2)35(22(27)3)29-14-7-6-13-28(29)31(32,33)24-15-16-24/h4-14,17-18,24H,15-16,19H2,1-3H3,(H,34,36). The third-order valence-corrected chi connectivity index (χ3v) is 7.02. The van der Waals surface area contributed by atoms with Crippen molar-refractivity contribution < 1.29 is 18.3 Å². The van der Waals surface area contributed by atoms with Crippen LogP contribution in [0.3, 0.4) is 0 Å². The zero-order chi connectivity index (χ0) is 26.2. The molecule has 0 radical (unpaired) electrons. The van der Waals surface area contributed by atoms with Crippen molar-refractivity contribution in [3.05, 3.63) is 113 Å². The Hall–Kier alpha value is -3.93. The lowest BCUT2D eigenvalue weighted by molar-refractivity contribution is -0.0285. The van der Waals surface area contributed by atoms with E-state index in [2.05, 4.69) is 5.32 Å². The average molecular weight is 501 g/mol. The molecule has 0 saturated heterocycles. The molecule has 3 aromatic carbocycles. The Morgan fingerprint density at radius 1 is 0.973 bits per heavy atom. The molecule has 1 N–H and O–H groups in total. The Kier molecular flexibility index (Phi) is 6.59. The first-order valence-corrected chi connectivity index (χ1v) is 12.5. The lowest BCUT2D eigenvalue weighted by Crippen LogP contribution is -2.20. The number of anilines is 1. The summed E-state index contributed by atoms with van der Waals surface area (Å²) in [7, 11) is 0. The van der Waals surface area contributed by atoms with Crippen LogP contribution in [0.25, 0.3) is 5.69 Å². The van der Waals surface area contributed by atoms with Crippen LogP contribution in [0.15, 0.2) is 78.9 Å². The Labute approximate surface area is 215 Å². The van der Waals surface area contributed by atoms with Crippen LogP contribution in [0.4, 0.5) is 14.5 Å². The molecule has 0 spiro atoms. The maximum atomic E-state index is 15.1. The van der Waals surface area contributed by atoms with E-state index >= 15 is 8.78 Å². The second-order valence-electron chi connectivity index (χ2n) is 9.73. The van der Waals surface area contributed by atoms with Crippen molar-refractivity contribution >= 4 is 11.6 Å². The summed E-state index contributed by atoms with van der Waals surface area (Å²) in [6.45, 7) is 6.08. The van der Waals surface area contributed by atoms with Crippen LogP contribution in [-0.4, -0.2) is 10.5 Å². The van der Waals surface area contributed by atoms with Crippen LogP contribution >= 0.6 is 0 Å². The molecule has 6 heteroatoms. The molecule has 1 amide bonds. The number of alkyl halides is 2. The highest BCUT2D eigenvalue weighted by Crippen LogP contribution is 2.51. The number of nitrogens with zero attached hydrogens (tertiary/aromatic N) is 1. The molecule has 1 aromatic heterocycles. The first kappa shape index (κ1) is 24.8. The van der Waals surface area contributed by atoms with Gasteiger partial charge >= 0.3 is 0 Å². The van der Waals surface area contributed by atoms with E-state index in [-0.39, 0.29) is 11.5 Å². The number of rotatable bonds is 8. The average Bonchev–Trinajstić information content (AvgIpc) is 3.70. The van der Waals surface area contributed by atoms with Gasteiger partial charge in [-0.1, -0.05) is 48.5 Å². The van der Waals surface area contributed by atoms with Gasteiger partial charge < -0.3 is 14.6 Å². The van der Waals surface area contributed by atoms with Crippen molar-refractivity contribution in [3.8, 4) is 11.4 Å². The van der Waals surface area contributed by atoms with E-state index < -0.39 is 11.8 Å². The van der Waals surface area contributed by atoms with Gasteiger partial charge in [-0.2, -0.15) is 0 Å². The summed E-state index contributed by atoms with van der Waals surface area (Å²) >= 11 is 0. The molecule has 1 heterocycles. The quantitative estimate of drug-likeness (QED) is 0.269. The summed E-state index contributed by atoms with van der Waals surface area (Å²) in [6, 6.07) is 23.6. The molecular formula is C31H30F2N2O2. The molecule has 1 fully saturated rings. The van der Waals surface area contributed by atoms with Gasteiger partial charge in [-0.15, -0.1) is 0 Å². The summed E-state index contributed by atoms with van der Waals surface area (Å²) in [4.78, 5) is 13.3. The highest BCUT2D eigenvalue weighted by Gasteiger charge is 2.49. The van der Waals surface area contributed by atoms with Crippen LogP contribution in [0.2, 0.25) is 0 Å². The van der Waals surface area contributed by atoms with Crippen molar-refractivity contribution in [3.63, 3.8) is 0 Å². The third kappa shape index (κ3) is 5.01. The van der Waals surface area contributed by atoms with Crippen LogP contribution in [0.1, 0.15) is 51.3 Å². The lowest BCUT2D eigenvalue weighted by Gasteiger charge is -2.22. The highest BCUT2D eigenvalue weighted by molar-refractivity contribution is 6.05. The van der Waals surface area contributed by atoms with E-state index in [1.165, 1.54) is 6.07 Å². The summed E-state index contributed by atoms with van der Waals surface area (Å²) in [6.07, 6.45) is 1.07. The summed E-state index contributed by atoms with van der Waals surface area (Å²) in [5, 5.41) is 2.93. The molecule has 0 aliphatic heterocycles. The topological polar surface area (TPSA) is 43.3 Å². The maximum absolute atomic E-state index is 15.1. The largest absolute Gasteiger partial charge is 0.489 e. The van der Waals surface area contributed by atoms with Gasteiger partial charge in [0.15, 0.2) is 0 Å². The number of halogens is 2. The van der Waals surface area contributed by atoms with E-state index in [9.17, 15) is 4.79 Å². The molecule has 4 nitrogen and oxygen atoms in total. The molecule has 1 aliphatic rings. The molecule has 0 unspecified atom stereocenters. The summed E-state index contributed by atoms with van der Waals surface area (Å²) in [5.41, 5.74) is 5.03. The molecule has 1 saturated carbocycles. The van der Waals surface area contributed by atoms with Gasteiger partial charge in [0.1, 0.15) is 12.4 Å². The Morgan fingerprint density at radius 2 is 1.70 bits per heavy atom. The molecule has 0 bridgehead atoms. The number of aryl methyl sites for hydroxylation is 2. The molecule has 4 aromatic rings. The van der Waals surface area contributed by atoms with Gasteiger partial charge in [-0.05, 0) is 69.0 Å². The third-order valence-electron chi connectivity index (χ3n) is 7.02. The van der Waals surface area contributed by atoms with E-state index in [0.717, 1.165) is 16.8 Å². The summed E-state index contributed by atoms with van der Waals surface area (Å²) < 4.78 is 38.0. The number of carbonyl (C=O) groups excluding carboxylic acids is 1. The van der Waals surface area contributed by atoms with E-state index in [4.69, 9.17) is 4.74 Å². The molecule has 190 valence electrons. The minimum atomic E-state index is -2.90. The number of ether oxygens (including phenoxy) is 1. The van der Waals surface area contributed by atoms with Gasteiger partial charge in [0.2, 0.25) is 0 Å². The Bertz CT molecular complexity index is 1450. The number of para-hydroxylation sites is 1. The molecule has 1 aliphatic carbocycles. The second-order valence-corrected chi connectivity index (χ2v) is 9.73. The van der Waals surface area contributed by atoms with E-state index in [1.807, 2.05) is 50.2 Å². The van der Waals surface area contributed by atoms with Crippen LogP contribution in [0.5, 0.6) is 5.75 Å². The van der Waals surface area contributed by atoms with Crippen LogP contribution < -0.4 is 10.1 Å². The summed E-state index contributed by atoms with van der Waals surface area (Å²) in [5.74, 6) is -3.18. The number of nitrogens with one attached hydrogen (secondary N) is 1. The zero-order valence-electron chi connectivity index (χ0n) is 21.2. The van der Waals surface area contributed by atoms with Crippen molar-refractivity contribution in [1.82, 2.24) is 4.57 Å². The van der Waals surface area contributed by atoms with Crippen molar-refractivity contribution in [2.45, 2.75) is 46.1 Å². The smallest absolute Gasteiger partial charge is 0.278 e. The predicted octanol–water partition coefficient (Wildman–Crippen LogP) is 7.74. The number of benzene rings is 3. The van der Waals surface area contributed by atoms with E-state index in [0.29, 0.717) is 47.8 Å². The monoisotopic (exact) mass is 500 g/mol. The van der Waals surface area contributed by atoms with Gasteiger partial charge in [0, 0.05) is 34.6 Å². The molecule has 5 rings (SSSR count). The first-order chi connectivity index (χ1) is 17.8. The maximum Gasteiger partial charge on any atom is 0.278 e. The minimum absolute atomic E-state index is 0.00441. The Morgan fingerprint density at radius 3 is 2.46 bits per heavy atom. The molecular weight excluding hydrogens is 470 g/mol. The fourth-order valence-corrected chi connectivity index (χ4v) is 4.77. The number of hydrogen-bond acceptors (Lipinski definition) is 2. The number of carbonyl (C=O) groups is 1. The number of amides is 1. The number of hydrogen-bond donors (Lipinski definition) is 1. The minimum Gasteiger partial charge on any atom is -0.489 e.